The molecule has 0 amide bonds. The summed E-state index contributed by atoms with van der Waals surface area (Å²) < 4.78 is 113. The van der Waals surface area contributed by atoms with Gasteiger partial charge in [0, 0.05) is 0 Å². The summed E-state index contributed by atoms with van der Waals surface area (Å²) in [5.74, 6) is 0. The predicted octanol–water partition coefficient (Wildman–Crippen LogP) is 5.38. The van der Waals surface area contributed by atoms with Crippen LogP contribution >= 0.6 is 0 Å². The van der Waals surface area contributed by atoms with Crippen LogP contribution in [0.5, 0.6) is 0 Å². The highest BCUT2D eigenvalue weighted by atomic mass is 19.4. The van der Waals surface area contributed by atoms with E-state index in [0.29, 0.717) is 6.07 Å². The van der Waals surface area contributed by atoms with Crippen molar-refractivity contribution in [2.75, 3.05) is 0 Å². The van der Waals surface area contributed by atoms with E-state index >= 15 is 0 Å². The Balaban J connectivity index is 3.24. The maximum Gasteiger partial charge on any atom is 0.416 e. The molecule has 1 rings (SSSR count). The molecule has 0 nitrogen and oxygen atoms in total. The van der Waals surface area contributed by atoms with E-state index in [4.69, 9.17) is 0 Å². The van der Waals surface area contributed by atoms with E-state index in [2.05, 4.69) is 0 Å². The molecule has 0 heterocycles. The minimum Gasteiger partial charge on any atom is -0.170 e. The van der Waals surface area contributed by atoms with Crippen molar-refractivity contribution in [2.45, 2.75) is 31.9 Å². The molecule has 0 saturated carbocycles. The van der Waals surface area contributed by atoms with E-state index in [0.717, 1.165) is 12.1 Å². The van der Waals surface area contributed by atoms with Gasteiger partial charge in [0.25, 0.3) is 0 Å². The standard InChI is InChI=1S/C12H9F9/c1-9(11(16,17)18,12(19,20)21)6-7-3-2-4-8(5-7)10(13,14)15/h2-5H,6H2,1H3. The van der Waals surface area contributed by atoms with Gasteiger partial charge in [0.15, 0.2) is 5.41 Å². The quantitative estimate of drug-likeness (QED) is 0.641. The topological polar surface area (TPSA) is 0 Å². The zero-order valence-corrected chi connectivity index (χ0v) is 10.4. The van der Waals surface area contributed by atoms with Gasteiger partial charge in [-0.05, 0) is 25.0 Å². The van der Waals surface area contributed by atoms with Crippen molar-refractivity contribution in [3.05, 3.63) is 35.4 Å². The SMILES string of the molecule is CC(Cc1cccc(C(F)(F)F)c1)(C(F)(F)F)C(F)(F)F. The molecular formula is C12H9F9. The molecule has 0 N–H and O–H groups in total. The first-order valence-electron chi connectivity index (χ1n) is 5.48. The predicted molar refractivity (Wildman–Crippen MR) is 55.4 cm³/mol. The van der Waals surface area contributed by atoms with Crippen LogP contribution in [0.15, 0.2) is 24.3 Å². The van der Waals surface area contributed by atoms with Crippen molar-refractivity contribution in [2.24, 2.45) is 5.41 Å². The van der Waals surface area contributed by atoms with Crippen molar-refractivity contribution in [3.8, 4) is 0 Å². The molecule has 9 heteroatoms. The molecule has 21 heavy (non-hydrogen) atoms. The van der Waals surface area contributed by atoms with E-state index in [1.807, 2.05) is 0 Å². The lowest BCUT2D eigenvalue weighted by Gasteiger charge is -2.34. The first-order valence-corrected chi connectivity index (χ1v) is 5.48. The fourth-order valence-corrected chi connectivity index (χ4v) is 1.63. The van der Waals surface area contributed by atoms with Crippen LogP contribution in [0.25, 0.3) is 0 Å². The zero-order chi connectivity index (χ0) is 16.7. The summed E-state index contributed by atoms with van der Waals surface area (Å²) in [6.07, 6.45) is -17.7. The van der Waals surface area contributed by atoms with Gasteiger partial charge in [-0.3, -0.25) is 0 Å². The van der Waals surface area contributed by atoms with E-state index in [1.165, 1.54) is 0 Å². The zero-order valence-electron chi connectivity index (χ0n) is 10.4. The Kier molecular flexibility index (Phi) is 4.28. The Morgan fingerprint density at radius 2 is 1.29 bits per heavy atom. The molecule has 0 atom stereocenters. The maximum atomic E-state index is 12.7. The van der Waals surface area contributed by atoms with Crippen LogP contribution in [0.3, 0.4) is 0 Å². The van der Waals surface area contributed by atoms with Gasteiger partial charge in [-0.2, -0.15) is 39.5 Å². The van der Waals surface area contributed by atoms with E-state index in [-0.39, 0.29) is 13.0 Å². The molecular weight excluding hydrogens is 315 g/mol. The molecule has 1 aromatic rings. The molecule has 0 fully saturated rings. The monoisotopic (exact) mass is 324 g/mol. The second-order valence-electron chi connectivity index (χ2n) is 4.70. The average molecular weight is 324 g/mol. The number of hydrogen-bond donors (Lipinski definition) is 0. The van der Waals surface area contributed by atoms with Crippen LogP contribution in [0, 0.1) is 5.41 Å². The minimum atomic E-state index is -5.64. The lowest BCUT2D eigenvalue weighted by Crippen LogP contribution is -2.49. The maximum absolute atomic E-state index is 12.7. The fourth-order valence-electron chi connectivity index (χ4n) is 1.63. The molecule has 120 valence electrons. The lowest BCUT2D eigenvalue weighted by molar-refractivity contribution is -0.334. The Hall–Kier alpha value is -1.41. The Morgan fingerprint density at radius 3 is 1.67 bits per heavy atom. The summed E-state index contributed by atoms with van der Waals surface area (Å²) >= 11 is 0. The average Bonchev–Trinajstić information content (AvgIpc) is 2.25. The van der Waals surface area contributed by atoms with Gasteiger partial charge in [-0.25, -0.2) is 0 Å². The molecule has 0 aliphatic heterocycles. The van der Waals surface area contributed by atoms with Gasteiger partial charge in [0.1, 0.15) is 0 Å². The van der Waals surface area contributed by atoms with Crippen LogP contribution in [0.1, 0.15) is 18.1 Å². The summed E-state index contributed by atoms with van der Waals surface area (Å²) in [7, 11) is 0. The van der Waals surface area contributed by atoms with Crippen LogP contribution in [-0.2, 0) is 12.6 Å². The highest BCUT2D eigenvalue weighted by Gasteiger charge is 2.67. The van der Waals surface area contributed by atoms with Crippen molar-refractivity contribution in [1.29, 1.82) is 0 Å². The molecule has 0 radical (unpaired) electrons. The Bertz CT molecular complexity index is 479. The third-order valence-electron chi connectivity index (χ3n) is 3.06. The fraction of sp³-hybridized carbons (Fsp3) is 0.500. The normalized spacial score (nSPS) is 14.4. The van der Waals surface area contributed by atoms with Crippen molar-refractivity contribution >= 4 is 0 Å². The van der Waals surface area contributed by atoms with E-state index < -0.39 is 41.5 Å². The first-order chi connectivity index (χ1) is 9.18. The third-order valence-corrected chi connectivity index (χ3v) is 3.06. The molecule has 0 bridgehead atoms. The van der Waals surface area contributed by atoms with Gasteiger partial charge in [-0.15, -0.1) is 0 Å². The van der Waals surface area contributed by atoms with Crippen LogP contribution in [0.2, 0.25) is 0 Å². The smallest absolute Gasteiger partial charge is 0.170 e. The largest absolute Gasteiger partial charge is 0.416 e. The van der Waals surface area contributed by atoms with Gasteiger partial charge >= 0.3 is 18.5 Å². The van der Waals surface area contributed by atoms with Crippen LogP contribution in [-0.4, -0.2) is 12.4 Å². The highest BCUT2D eigenvalue weighted by Crippen LogP contribution is 2.52. The molecule has 0 unspecified atom stereocenters. The third kappa shape index (κ3) is 3.62. The molecule has 0 aliphatic rings. The summed E-state index contributed by atoms with van der Waals surface area (Å²) in [5, 5.41) is 0. The number of benzene rings is 1. The minimum absolute atomic E-state index is 0.0761. The Morgan fingerprint density at radius 1 is 0.810 bits per heavy atom. The number of hydrogen-bond acceptors (Lipinski definition) is 0. The second-order valence-corrected chi connectivity index (χ2v) is 4.70. The summed E-state index contributed by atoms with van der Waals surface area (Å²) in [5.41, 5.74) is -6.11. The summed E-state index contributed by atoms with van der Waals surface area (Å²) in [6.45, 7) is -0.0761. The van der Waals surface area contributed by atoms with Crippen molar-refractivity contribution < 1.29 is 39.5 Å². The number of rotatable bonds is 2. The number of halogens is 9. The molecule has 0 saturated heterocycles. The molecule has 0 aromatic heterocycles. The van der Waals surface area contributed by atoms with Crippen molar-refractivity contribution in [3.63, 3.8) is 0 Å². The highest BCUT2D eigenvalue weighted by molar-refractivity contribution is 5.27. The van der Waals surface area contributed by atoms with Crippen LogP contribution < -0.4 is 0 Å². The van der Waals surface area contributed by atoms with Gasteiger partial charge in [0.05, 0.1) is 5.56 Å². The van der Waals surface area contributed by atoms with E-state index in [1.54, 1.807) is 0 Å². The van der Waals surface area contributed by atoms with Crippen molar-refractivity contribution in [1.82, 2.24) is 0 Å². The summed E-state index contributed by atoms with van der Waals surface area (Å²) in [6, 6.07) is 2.42. The Labute approximate surface area is 113 Å². The van der Waals surface area contributed by atoms with Gasteiger partial charge in [-0.1, -0.05) is 18.2 Å². The molecule has 0 spiro atoms. The second kappa shape index (κ2) is 5.10. The molecule has 0 aliphatic carbocycles. The summed E-state index contributed by atoms with van der Waals surface area (Å²) in [4.78, 5) is 0. The lowest BCUT2D eigenvalue weighted by atomic mass is 9.81. The van der Waals surface area contributed by atoms with Gasteiger partial charge < -0.3 is 0 Å². The first kappa shape index (κ1) is 17.6. The van der Waals surface area contributed by atoms with Gasteiger partial charge in [0.2, 0.25) is 0 Å². The van der Waals surface area contributed by atoms with Crippen LogP contribution in [0.4, 0.5) is 39.5 Å². The number of alkyl halides is 9. The van der Waals surface area contributed by atoms with E-state index in [9.17, 15) is 39.5 Å². The molecule has 1 aromatic carbocycles.